The van der Waals surface area contributed by atoms with Crippen LogP contribution >= 0.6 is 11.3 Å². The van der Waals surface area contributed by atoms with Crippen LogP contribution in [0.2, 0.25) is 0 Å². The fourth-order valence-electron chi connectivity index (χ4n) is 4.58. The molecule has 0 bridgehead atoms. The van der Waals surface area contributed by atoms with Crippen molar-refractivity contribution in [2.75, 3.05) is 12.4 Å². The Labute approximate surface area is 242 Å². The molecule has 0 spiro atoms. The number of carboxylic acid groups (broad SMARTS) is 1. The normalized spacial score (nSPS) is 12.5. The first-order valence-corrected chi connectivity index (χ1v) is 13.8. The van der Waals surface area contributed by atoms with E-state index in [-0.39, 0.29) is 10.6 Å². The number of benzene rings is 3. The number of anilines is 1. The molecule has 208 valence electrons. The number of ether oxygens (including phenoxy) is 2. The Morgan fingerprint density at radius 1 is 0.927 bits per heavy atom. The first-order valence-electron chi connectivity index (χ1n) is 13.0. The molecule has 3 aromatic carbocycles. The van der Waals surface area contributed by atoms with Gasteiger partial charge in [0.2, 0.25) is 5.88 Å². The van der Waals surface area contributed by atoms with Crippen LogP contribution in [0.1, 0.15) is 31.9 Å². The number of thiophene rings is 1. The lowest BCUT2D eigenvalue weighted by molar-refractivity contribution is -0.170. The van der Waals surface area contributed by atoms with E-state index in [9.17, 15) is 15.0 Å². The number of aryl methyl sites for hydroxylation is 2. The summed E-state index contributed by atoms with van der Waals surface area (Å²) in [7, 11) is 1.37. The zero-order chi connectivity index (χ0) is 29.0. The molecular weight excluding hydrogens is 536 g/mol. The number of hydrogen-bond donors (Lipinski definition) is 3. The molecule has 0 aliphatic heterocycles. The van der Waals surface area contributed by atoms with Crippen LogP contribution in [0.5, 0.6) is 5.88 Å². The Hall–Kier alpha value is -4.50. The Bertz CT molecular complexity index is 1650. The van der Waals surface area contributed by atoms with Gasteiger partial charge in [-0.1, -0.05) is 78.4 Å². The van der Waals surface area contributed by atoms with Crippen molar-refractivity contribution in [1.82, 2.24) is 4.98 Å². The first kappa shape index (κ1) is 28.0. The molecule has 5 aromatic rings. The minimum Gasteiger partial charge on any atom is -0.477 e. The third-order valence-electron chi connectivity index (χ3n) is 6.74. The van der Waals surface area contributed by atoms with Crippen LogP contribution in [0, 0.1) is 13.8 Å². The summed E-state index contributed by atoms with van der Waals surface area (Å²) in [4.78, 5) is 17.4. The smallest absolute Gasteiger partial charge is 0.348 e. The number of aliphatic hydroxyl groups is 1. The van der Waals surface area contributed by atoms with Crippen LogP contribution in [0.25, 0.3) is 21.6 Å². The molecule has 0 saturated carbocycles. The van der Waals surface area contributed by atoms with E-state index in [1.165, 1.54) is 7.11 Å². The van der Waals surface area contributed by atoms with Crippen molar-refractivity contribution in [3.63, 3.8) is 0 Å². The van der Waals surface area contributed by atoms with Gasteiger partial charge in [-0.2, -0.15) is 0 Å². The highest BCUT2D eigenvalue weighted by molar-refractivity contribution is 7.18. The average molecular weight is 567 g/mol. The van der Waals surface area contributed by atoms with Crippen LogP contribution in [0.3, 0.4) is 0 Å². The van der Waals surface area contributed by atoms with Gasteiger partial charge < -0.3 is 25.0 Å². The van der Waals surface area contributed by atoms with Crippen LogP contribution in [-0.2, 0) is 17.3 Å². The van der Waals surface area contributed by atoms with Gasteiger partial charge in [-0.15, -0.1) is 11.3 Å². The molecule has 0 fully saturated rings. The monoisotopic (exact) mass is 566 g/mol. The lowest BCUT2D eigenvalue weighted by Gasteiger charge is -2.30. The fourth-order valence-corrected chi connectivity index (χ4v) is 5.54. The number of methoxy groups -OCH3 is 1. The highest BCUT2D eigenvalue weighted by atomic mass is 32.1. The van der Waals surface area contributed by atoms with Crippen molar-refractivity contribution < 1.29 is 24.5 Å². The van der Waals surface area contributed by atoms with Crippen LogP contribution in [0.15, 0.2) is 97.2 Å². The molecule has 2 aromatic heterocycles. The Morgan fingerprint density at radius 3 is 2.27 bits per heavy atom. The van der Waals surface area contributed by atoms with Gasteiger partial charge in [-0.3, -0.25) is 0 Å². The summed E-state index contributed by atoms with van der Waals surface area (Å²) in [6.07, 6.45) is 1.77. The second-order valence-electron chi connectivity index (χ2n) is 9.69. The van der Waals surface area contributed by atoms with E-state index in [4.69, 9.17) is 9.47 Å². The van der Waals surface area contributed by atoms with Crippen molar-refractivity contribution in [3.8, 4) is 27.4 Å². The van der Waals surface area contributed by atoms with Crippen molar-refractivity contribution in [2.45, 2.75) is 26.4 Å². The highest BCUT2D eigenvalue weighted by Crippen LogP contribution is 2.39. The molecule has 7 nitrogen and oxygen atoms in total. The summed E-state index contributed by atoms with van der Waals surface area (Å²) in [6.45, 7) is 4.28. The number of rotatable bonds is 10. The maximum absolute atomic E-state index is 12.1. The fraction of sp³-hybridized carbons (Fsp3) is 0.152. The minimum absolute atomic E-state index is 0.0691. The molecule has 0 radical (unpaired) electrons. The summed E-state index contributed by atoms with van der Waals surface area (Å²) >= 11 is 1.12. The number of carbonyl (C=O) groups is 1. The van der Waals surface area contributed by atoms with E-state index in [1.54, 1.807) is 18.3 Å². The van der Waals surface area contributed by atoms with Crippen molar-refractivity contribution in [2.24, 2.45) is 0 Å². The lowest BCUT2D eigenvalue weighted by Crippen LogP contribution is -2.38. The van der Waals surface area contributed by atoms with Gasteiger partial charge in [0.1, 0.15) is 11.5 Å². The Balaban J connectivity index is 1.34. The third kappa shape index (κ3) is 6.30. The van der Waals surface area contributed by atoms with Crippen LogP contribution < -0.4 is 10.1 Å². The Kier molecular flexibility index (Phi) is 8.16. The second-order valence-corrected chi connectivity index (χ2v) is 10.7. The molecule has 1 unspecified atom stereocenters. The molecule has 0 amide bonds. The molecule has 5 rings (SSSR count). The van der Waals surface area contributed by atoms with Gasteiger partial charge in [0.15, 0.2) is 0 Å². The summed E-state index contributed by atoms with van der Waals surface area (Å²) in [5.74, 6) is -2.46. The SMILES string of the molecule is COC(O)(Nc1cc(-c2ccc(-c3ccc(OCc4ccccc4)nc3)cc2)sc1C(=O)O)c1ccc(C)cc1C. The molecule has 0 aliphatic carbocycles. The standard InChI is InChI=1S/C33H30N2O5S/c1-21-9-15-27(22(2)17-21)33(38,39-3)35-28-18-29(41-31(28)32(36)37)25-12-10-24(11-13-25)26-14-16-30(34-19-26)40-20-23-7-5-4-6-8-23/h4-19,35,38H,20H2,1-3H3,(H,36,37). The maximum atomic E-state index is 12.1. The van der Waals surface area contributed by atoms with Gasteiger partial charge in [0.05, 0.1) is 5.69 Å². The predicted molar refractivity (Wildman–Crippen MR) is 161 cm³/mol. The van der Waals surface area contributed by atoms with E-state index in [0.717, 1.165) is 49.6 Å². The lowest BCUT2D eigenvalue weighted by atomic mass is 10.0. The van der Waals surface area contributed by atoms with Gasteiger partial charge in [0.25, 0.3) is 5.91 Å². The number of pyridine rings is 1. The number of hydrogen-bond acceptors (Lipinski definition) is 7. The topological polar surface area (TPSA) is 101 Å². The van der Waals surface area contributed by atoms with Crippen LogP contribution in [-0.4, -0.2) is 28.3 Å². The third-order valence-corrected chi connectivity index (χ3v) is 7.91. The summed E-state index contributed by atoms with van der Waals surface area (Å²) in [6, 6.07) is 28.8. The molecular formula is C33H30N2O5S. The second kappa shape index (κ2) is 11.9. The number of nitrogens with zero attached hydrogens (tertiary/aromatic N) is 1. The van der Waals surface area contributed by atoms with E-state index in [0.29, 0.717) is 18.1 Å². The highest BCUT2D eigenvalue weighted by Gasteiger charge is 2.33. The van der Waals surface area contributed by atoms with Gasteiger partial charge in [-0.25, -0.2) is 9.78 Å². The van der Waals surface area contributed by atoms with Crippen LogP contribution in [0.4, 0.5) is 5.69 Å². The largest absolute Gasteiger partial charge is 0.477 e. The summed E-state index contributed by atoms with van der Waals surface area (Å²) in [5.41, 5.74) is 6.44. The number of nitrogens with one attached hydrogen (secondary N) is 1. The molecule has 0 aliphatic rings. The van der Waals surface area contributed by atoms with E-state index < -0.39 is 11.9 Å². The minimum atomic E-state index is -1.91. The number of aromatic carboxylic acids is 1. The average Bonchev–Trinajstić information content (AvgIpc) is 3.40. The van der Waals surface area contributed by atoms with E-state index >= 15 is 0 Å². The molecule has 41 heavy (non-hydrogen) atoms. The zero-order valence-electron chi connectivity index (χ0n) is 22.9. The Morgan fingerprint density at radius 2 is 1.63 bits per heavy atom. The summed E-state index contributed by atoms with van der Waals surface area (Å²) < 4.78 is 11.2. The van der Waals surface area contributed by atoms with E-state index in [2.05, 4.69) is 10.3 Å². The molecule has 2 heterocycles. The summed E-state index contributed by atoms with van der Waals surface area (Å²) in [5, 5.41) is 24.2. The molecule has 0 saturated heterocycles. The van der Waals surface area contributed by atoms with Crippen molar-refractivity contribution in [3.05, 3.63) is 124 Å². The quantitative estimate of drug-likeness (QED) is 0.153. The molecule has 1 atom stereocenters. The van der Waals surface area contributed by atoms with E-state index in [1.807, 2.05) is 92.7 Å². The van der Waals surface area contributed by atoms with Crippen molar-refractivity contribution >= 4 is 23.0 Å². The molecule has 8 heteroatoms. The molecule has 3 N–H and O–H groups in total. The first-order chi connectivity index (χ1) is 19.8. The van der Waals surface area contributed by atoms with Gasteiger partial charge in [-0.05, 0) is 48.2 Å². The maximum Gasteiger partial charge on any atom is 0.348 e. The van der Waals surface area contributed by atoms with Gasteiger partial charge >= 0.3 is 5.97 Å². The van der Waals surface area contributed by atoms with Gasteiger partial charge in [0, 0.05) is 35.4 Å². The number of carboxylic acids is 1. The predicted octanol–water partition coefficient (Wildman–Crippen LogP) is 7.23. The zero-order valence-corrected chi connectivity index (χ0v) is 23.7. The number of aromatic nitrogens is 1. The van der Waals surface area contributed by atoms with Crippen molar-refractivity contribution in [1.29, 1.82) is 0 Å².